The fraction of sp³-hybridized carbons (Fsp3) is 0.0476. The molecule has 0 aliphatic carbocycles. The molecule has 1 N–H and O–H groups in total. The van der Waals surface area contributed by atoms with Crippen molar-refractivity contribution < 1.29 is 22.0 Å². The molecule has 0 saturated carbocycles. The lowest BCUT2D eigenvalue weighted by Crippen LogP contribution is -2.22. The molecular weight excluding hydrogens is 431 g/mol. The van der Waals surface area contributed by atoms with Crippen molar-refractivity contribution in [3.05, 3.63) is 89.2 Å². The Kier molecular flexibility index (Phi) is 5.27. The van der Waals surface area contributed by atoms with Crippen molar-refractivity contribution in [2.45, 2.75) is 16.3 Å². The summed E-state index contributed by atoms with van der Waals surface area (Å²) in [4.78, 5) is 16.0. The number of carbonyl (C=O) groups is 1. The van der Waals surface area contributed by atoms with E-state index >= 15 is 0 Å². The molecule has 9 heteroatoms. The third-order valence-corrected chi connectivity index (χ3v) is 6.51. The molecular formula is C21H14ClFN2O4S. The second kappa shape index (κ2) is 7.89. The van der Waals surface area contributed by atoms with Crippen LogP contribution >= 0.6 is 11.6 Å². The SMILES string of the molecule is O=C(NCc1ccc(S(=O)(=O)c2ccc(Cl)c(F)c2)cc1)c1cc2ccncc2o1. The highest BCUT2D eigenvalue weighted by atomic mass is 35.5. The second-order valence-electron chi connectivity index (χ2n) is 6.43. The summed E-state index contributed by atoms with van der Waals surface area (Å²) in [5.41, 5.74) is 1.19. The maximum atomic E-state index is 13.6. The summed E-state index contributed by atoms with van der Waals surface area (Å²) in [5, 5.41) is 3.33. The van der Waals surface area contributed by atoms with Crippen LogP contribution in [0.5, 0.6) is 0 Å². The van der Waals surface area contributed by atoms with Crippen LogP contribution in [0.1, 0.15) is 16.1 Å². The van der Waals surface area contributed by atoms with E-state index in [-0.39, 0.29) is 27.1 Å². The summed E-state index contributed by atoms with van der Waals surface area (Å²) in [5.74, 6) is -1.06. The van der Waals surface area contributed by atoms with Crippen molar-refractivity contribution in [1.82, 2.24) is 10.3 Å². The van der Waals surface area contributed by atoms with Crippen LogP contribution in [-0.2, 0) is 16.4 Å². The number of rotatable bonds is 5. The summed E-state index contributed by atoms with van der Waals surface area (Å²) in [6.45, 7) is 0.171. The lowest BCUT2D eigenvalue weighted by molar-refractivity contribution is 0.0925. The number of pyridine rings is 1. The standard InChI is InChI=1S/C21H14ClFN2O4S/c22-17-6-5-16(10-18(17)23)30(27,28)15-3-1-13(2-4-15)11-25-21(26)19-9-14-7-8-24-12-20(14)29-19/h1-10,12H,11H2,(H,25,26). The summed E-state index contributed by atoms with van der Waals surface area (Å²) >= 11 is 5.61. The van der Waals surface area contributed by atoms with E-state index in [1.165, 1.54) is 30.5 Å². The van der Waals surface area contributed by atoms with Gasteiger partial charge in [0.25, 0.3) is 5.91 Å². The van der Waals surface area contributed by atoms with Gasteiger partial charge in [-0.05, 0) is 48.0 Å². The number of benzene rings is 2. The van der Waals surface area contributed by atoms with Gasteiger partial charge < -0.3 is 9.73 Å². The Balaban J connectivity index is 1.46. The van der Waals surface area contributed by atoms with E-state index in [9.17, 15) is 17.6 Å². The number of nitrogens with one attached hydrogen (secondary N) is 1. The first-order valence-corrected chi connectivity index (χ1v) is 10.6. The van der Waals surface area contributed by atoms with Crippen molar-refractivity contribution in [2.75, 3.05) is 0 Å². The maximum Gasteiger partial charge on any atom is 0.287 e. The minimum atomic E-state index is -3.89. The van der Waals surface area contributed by atoms with Crippen LogP contribution in [0.3, 0.4) is 0 Å². The van der Waals surface area contributed by atoms with Crippen LogP contribution in [0.15, 0.2) is 81.2 Å². The maximum absolute atomic E-state index is 13.6. The van der Waals surface area contributed by atoms with Crippen LogP contribution in [0, 0.1) is 5.82 Å². The Hall–Kier alpha value is -3.23. The fourth-order valence-corrected chi connectivity index (χ4v) is 4.22. The van der Waals surface area contributed by atoms with Crippen molar-refractivity contribution in [3.8, 4) is 0 Å². The number of sulfone groups is 1. The third kappa shape index (κ3) is 3.92. The first-order valence-electron chi connectivity index (χ1n) is 8.75. The molecule has 1 amide bonds. The quantitative estimate of drug-likeness (QED) is 0.493. The predicted molar refractivity (Wildman–Crippen MR) is 108 cm³/mol. The van der Waals surface area contributed by atoms with Gasteiger partial charge in [-0.2, -0.15) is 0 Å². The average Bonchev–Trinajstić information content (AvgIpc) is 3.18. The van der Waals surface area contributed by atoms with Gasteiger partial charge in [-0.25, -0.2) is 12.8 Å². The molecule has 0 bridgehead atoms. The lowest BCUT2D eigenvalue weighted by atomic mass is 10.2. The highest BCUT2D eigenvalue weighted by Crippen LogP contribution is 2.25. The molecule has 0 aliphatic heterocycles. The van der Waals surface area contributed by atoms with Gasteiger partial charge in [0.1, 0.15) is 5.82 Å². The second-order valence-corrected chi connectivity index (χ2v) is 8.79. The molecule has 2 aromatic carbocycles. The molecule has 4 rings (SSSR count). The monoisotopic (exact) mass is 444 g/mol. The zero-order chi connectivity index (χ0) is 21.3. The van der Waals surface area contributed by atoms with E-state index in [0.29, 0.717) is 11.1 Å². The number of nitrogens with zero attached hydrogens (tertiary/aromatic N) is 1. The fourth-order valence-electron chi connectivity index (χ4n) is 2.83. The minimum absolute atomic E-state index is 0.00378. The van der Waals surface area contributed by atoms with E-state index in [0.717, 1.165) is 11.5 Å². The largest absolute Gasteiger partial charge is 0.449 e. The van der Waals surface area contributed by atoms with E-state index in [4.69, 9.17) is 16.0 Å². The molecule has 30 heavy (non-hydrogen) atoms. The van der Waals surface area contributed by atoms with Crippen molar-refractivity contribution >= 4 is 38.3 Å². The first-order chi connectivity index (χ1) is 14.3. The molecule has 2 heterocycles. The van der Waals surface area contributed by atoms with E-state index in [1.54, 1.807) is 30.5 Å². The van der Waals surface area contributed by atoms with E-state index in [1.807, 2.05) is 0 Å². The Morgan fingerprint density at radius 3 is 2.50 bits per heavy atom. The number of fused-ring (bicyclic) bond motifs is 1. The van der Waals surface area contributed by atoms with Crippen LogP contribution in [0.25, 0.3) is 11.0 Å². The van der Waals surface area contributed by atoms with Gasteiger partial charge in [-0.3, -0.25) is 9.78 Å². The number of amides is 1. The zero-order valence-corrected chi connectivity index (χ0v) is 16.9. The van der Waals surface area contributed by atoms with Gasteiger partial charge >= 0.3 is 0 Å². The molecule has 0 spiro atoms. The van der Waals surface area contributed by atoms with Crippen molar-refractivity contribution in [3.63, 3.8) is 0 Å². The highest BCUT2D eigenvalue weighted by molar-refractivity contribution is 7.91. The first kappa shape index (κ1) is 20.1. The van der Waals surface area contributed by atoms with Crippen molar-refractivity contribution in [1.29, 1.82) is 0 Å². The number of aromatic nitrogens is 1. The van der Waals surface area contributed by atoms with Gasteiger partial charge in [0.05, 0.1) is 21.0 Å². The number of hydrogen-bond acceptors (Lipinski definition) is 5. The highest BCUT2D eigenvalue weighted by Gasteiger charge is 2.19. The smallest absolute Gasteiger partial charge is 0.287 e. The van der Waals surface area contributed by atoms with Crippen LogP contribution in [-0.4, -0.2) is 19.3 Å². The molecule has 0 atom stereocenters. The predicted octanol–water partition coefficient (Wildman–Crippen LogP) is 4.38. The molecule has 6 nitrogen and oxygen atoms in total. The molecule has 0 aliphatic rings. The van der Waals surface area contributed by atoms with Gasteiger partial charge in [0.2, 0.25) is 9.84 Å². The lowest BCUT2D eigenvalue weighted by Gasteiger charge is -2.07. The van der Waals surface area contributed by atoms with Gasteiger partial charge in [0, 0.05) is 18.1 Å². The Morgan fingerprint density at radius 2 is 1.80 bits per heavy atom. The summed E-state index contributed by atoms with van der Waals surface area (Å²) in [6.07, 6.45) is 3.13. The third-order valence-electron chi connectivity index (χ3n) is 4.43. The zero-order valence-electron chi connectivity index (χ0n) is 15.3. The average molecular weight is 445 g/mol. The minimum Gasteiger partial charge on any atom is -0.449 e. The molecule has 0 fully saturated rings. The molecule has 4 aromatic rings. The molecule has 2 aromatic heterocycles. The number of furan rings is 1. The van der Waals surface area contributed by atoms with Crippen LogP contribution < -0.4 is 5.32 Å². The number of hydrogen-bond donors (Lipinski definition) is 1. The van der Waals surface area contributed by atoms with Crippen molar-refractivity contribution in [2.24, 2.45) is 0 Å². The van der Waals surface area contributed by atoms with Crippen LogP contribution in [0.4, 0.5) is 4.39 Å². The van der Waals surface area contributed by atoms with Gasteiger partial charge in [-0.1, -0.05) is 23.7 Å². The molecule has 0 radical (unpaired) electrons. The summed E-state index contributed by atoms with van der Waals surface area (Å²) < 4.78 is 44.4. The van der Waals surface area contributed by atoms with E-state index in [2.05, 4.69) is 10.3 Å². The summed E-state index contributed by atoms with van der Waals surface area (Å²) in [7, 11) is -3.89. The number of carbonyl (C=O) groups excluding carboxylic acids is 1. The topological polar surface area (TPSA) is 89.3 Å². The molecule has 152 valence electrons. The summed E-state index contributed by atoms with van der Waals surface area (Å²) in [6, 6.07) is 12.6. The molecule has 0 saturated heterocycles. The van der Waals surface area contributed by atoms with Crippen LogP contribution in [0.2, 0.25) is 5.02 Å². The number of halogens is 2. The Labute approximate surface area is 176 Å². The normalized spacial score (nSPS) is 11.5. The van der Waals surface area contributed by atoms with E-state index < -0.39 is 21.6 Å². The van der Waals surface area contributed by atoms with Gasteiger partial charge in [0.15, 0.2) is 11.3 Å². The van der Waals surface area contributed by atoms with Gasteiger partial charge in [-0.15, -0.1) is 0 Å². The Morgan fingerprint density at radius 1 is 1.07 bits per heavy atom. The molecule has 0 unspecified atom stereocenters. The Bertz CT molecular complexity index is 1320.